The molecule has 0 fully saturated rings. The van der Waals surface area contributed by atoms with E-state index >= 15 is 0 Å². The summed E-state index contributed by atoms with van der Waals surface area (Å²) in [4.78, 5) is 2.42. The van der Waals surface area contributed by atoms with Gasteiger partial charge in [-0.1, -0.05) is 0 Å². The summed E-state index contributed by atoms with van der Waals surface area (Å²) in [5.41, 5.74) is 4.16. The Morgan fingerprint density at radius 2 is 1.81 bits per heavy atom. The van der Waals surface area contributed by atoms with E-state index in [2.05, 4.69) is 54.2 Å². The van der Waals surface area contributed by atoms with Crippen LogP contribution in [0.2, 0.25) is 5.21 Å². The van der Waals surface area contributed by atoms with Crippen LogP contribution in [0.25, 0.3) is 16.3 Å². The van der Waals surface area contributed by atoms with Crippen LogP contribution < -0.4 is 0 Å². The first-order valence-corrected chi connectivity index (χ1v) is 7.95. The van der Waals surface area contributed by atoms with Gasteiger partial charge in [-0.05, 0) is 0 Å². The van der Waals surface area contributed by atoms with Crippen LogP contribution in [0.15, 0.2) is 42.5 Å². The van der Waals surface area contributed by atoms with Crippen LogP contribution in [0.3, 0.4) is 0 Å². The van der Waals surface area contributed by atoms with Gasteiger partial charge in [-0.2, -0.15) is 0 Å². The first-order chi connectivity index (χ1) is 7.83. The maximum atomic E-state index is 2.42. The molecule has 0 spiro atoms. The van der Waals surface area contributed by atoms with Crippen LogP contribution in [-0.2, 0) is 0 Å². The number of allylic oxidation sites excluding steroid dienone is 2. The molecule has 2 aromatic carbocycles. The third-order valence-corrected chi connectivity index (χ3v) is 4.77. The van der Waals surface area contributed by atoms with Crippen molar-refractivity contribution in [1.29, 1.82) is 0 Å². The van der Waals surface area contributed by atoms with Gasteiger partial charge in [0.1, 0.15) is 0 Å². The molecule has 0 N–H and O–H groups in total. The Morgan fingerprint density at radius 1 is 1.00 bits per heavy atom. The first kappa shape index (κ1) is 10.1. The molecule has 0 unspecified atom stereocenters. The summed E-state index contributed by atoms with van der Waals surface area (Å²) in [6.45, 7) is 2.14. The molecular formula is C15H13As. The van der Waals surface area contributed by atoms with E-state index in [-0.39, 0.29) is 0 Å². The normalized spacial score (nSPS) is 15.4. The van der Waals surface area contributed by atoms with E-state index in [0.717, 1.165) is 0 Å². The number of rotatable bonds is 1. The summed E-state index contributed by atoms with van der Waals surface area (Å²) in [5, 5.41) is 3.98. The molecule has 0 saturated heterocycles. The fraction of sp³-hybridized carbons (Fsp3) is 0.133. The van der Waals surface area contributed by atoms with Crippen molar-refractivity contribution >= 4 is 36.5 Å². The van der Waals surface area contributed by atoms with Gasteiger partial charge in [-0.3, -0.25) is 0 Å². The van der Waals surface area contributed by atoms with Crippen LogP contribution in [0, 0.1) is 6.92 Å². The van der Waals surface area contributed by atoms with E-state index in [1.54, 1.807) is 0 Å². The molecule has 0 bridgehead atoms. The molecule has 3 rings (SSSR count). The molecule has 0 atom stereocenters. The standard InChI is InChI=1S/C15H13As/c1-11-2-3-13-9-14(5-4-12(13)8-11)15-6-7-16-10-15/h2-6,8-10H,7H2,1H3. The zero-order chi connectivity index (χ0) is 11.0. The second-order valence-electron chi connectivity index (χ2n) is 4.22. The summed E-state index contributed by atoms with van der Waals surface area (Å²) >= 11 is 0.440. The molecule has 0 nitrogen and oxygen atoms in total. The second kappa shape index (κ2) is 4.03. The van der Waals surface area contributed by atoms with Gasteiger partial charge >= 0.3 is 102 Å². The van der Waals surface area contributed by atoms with Crippen molar-refractivity contribution in [2.75, 3.05) is 0 Å². The van der Waals surface area contributed by atoms with Gasteiger partial charge in [0.15, 0.2) is 0 Å². The molecule has 0 amide bonds. The summed E-state index contributed by atoms with van der Waals surface area (Å²) in [6.07, 6.45) is 2.37. The van der Waals surface area contributed by atoms with Gasteiger partial charge in [-0.15, -0.1) is 0 Å². The van der Waals surface area contributed by atoms with Gasteiger partial charge in [0.25, 0.3) is 0 Å². The molecule has 0 aliphatic carbocycles. The minimum atomic E-state index is 0.440. The first-order valence-electron chi connectivity index (χ1n) is 5.54. The van der Waals surface area contributed by atoms with Crippen LogP contribution >= 0.6 is 0 Å². The molecule has 0 radical (unpaired) electrons. The topological polar surface area (TPSA) is 0 Å². The summed E-state index contributed by atoms with van der Waals surface area (Å²) in [5.74, 6) is 0. The van der Waals surface area contributed by atoms with Gasteiger partial charge in [0.2, 0.25) is 0 Å². The average molecular weight is 268 g/mol. The van der Waals surface area contributed by atoms with Crippen molar-refractivity contribution < 1.29 is 0 Å². The summed E-state index contributed by atoms with van der Waals surface area (Å²) < 4.78 is 0. The number of fused-ring (bicyclic) bond motifs is 1. The van der Waals surface area contributed by atoms with Crippen molar-refractivity contribution in [3.63, 3.8) is 0 Å². The number of aryl methyl sites for hydroxylation is 1. The van der Waals surface area contributed by atoms with Crippen molar-refractivity contribution in [3.05, 3.63) is 53.6 Å². The number of benzene rings is 2. The van der Waals surface area contributed by atoms with Crippen LogP contribution in [0.1, 0.15) is 11.1 Å². The predicted octanol–water partition coefficient (Wildman–Crippen LogP) is 3.47. The van der Waals surface area contributed by atoms with E-state index in [0.29, 0.717) is 15.3 Å². The third-order valence-electron chi connectivity index (χ3n) is 2.98. The summed E-state index contributed by atoms with van der Waals surface area (Å²) in [7, 11) is 0. The molecule has 1 heteroatoms. The molecule has 1 heterocycles. The zero-order valence-corrected chi connectivity index (χ0v) is 11.1. The maximum absolute atomic E-state index is 2.42. The van der Waals surface area contributed by atoms with Crippen molar-refractivity contribution in [2.24, 2.45) is 0 Å². The Hall–Kier alpha value is -1.13. The average Bonchev–Trinajstić information content (AvgIpc) is 2.82. The van der Waals surface area contributed by atoms with Crippen molar-refractivity contribution in [2.45, 2.75) is 12.1 Å². The van der Waals surface area contributed by atoms with E-state index in [1.807, 2.05) is 0 Å². The molecular weight excluding hydrogens is 255 g/mol. The van der Waals surface area contributed by atoms with Crippen LogP contribution in [0.5, 0.6) is 0 Å². The SMILES string of the molecule is Cc1ccc2cc(C3=CC[As]=C3)ccc2c1. The Morgan fingerprint density at radius 3 is 2.62 bits per heavy atom. The Bertz CT molecular complexity index is 606. The third kappa shape index (κ3) is 1.78. The summed E-state index contributed by atoms with van der Waals surface area (Å²) in [6, 6.07) is 13.4. The van der Waals surface area contributed by atoms with Crippen molar-refractivity contribution in [3.8, 4) is 0 Å². The van der Waals surface area contributed by atoms with E-state index in [9.17, 15) is 0 Å². The molecule has 1 aliphatic rings. The molecule has 2 aromatic rings. The van der Waals surface area contributed by atoms with Crippen LogP contribution in [0.4, 0.5) is 0 Å². The molecule has 0 aromatic heterocycles. The fourth-order valence-corrected chi connectivity index (χ4v) is 3.89. The van der Waals surface area contributed by atoms with Gasteiger partial charge in [-0.25, -0.2) is 0 Å². The second-order valence-corrected chi connectivity index (χ2v) is 6.29. The minimum absolute atomic E-state index is 0.440. The zero-order valence-electron chi connectivity index (χ0n) is 9.27. The van der Waals surface area contributed by atoms with E-state index < -0.39 is 0 Å². The fourth-order valence-electron chi connectivity index (χ4n) is 2.09. The molecule has 16 heavy (non-hydrogen) atoms. The predicted molar refractivity (Wildman–Crippen MR) is 73.3 cm³/mol. The van der Waals surface area contributed by atoms with Gasteiger partial charge in [0, 0.05) is 0 Å². The molecule has 0 saturated carbocycles. The van der Waals surface area contributed by atoms with Gasteiger partial charge in [0.05, 0.1) is 0 Å². The Kier molecular flexibility index (Phi) is 2.53. The Balaban J connectivity index is 2.16. The van der Waals surface area contributed by atoms with E-state index in [4.69, 9.17) is 0 Å². The molecule has 1 aliphatic heterocycles. The van der Waals surface area contributed by atoms with Crippen molar-refractivity contribution in [1.82, 2.24) is 0 Å². The number of hydrogen-bond acceptors (Lipinski definition) is 0. The Labute approximate surface area is 102 Å². The monoisotopic (exact) mass is 268 g/mol. The molecule has 78 valence electrons. The van der Waals surface area contributed by atoms with Gasteiger partial charge < -0.3 is 0 Å². The number of hydrogen-bond donors (Lipinski definition) is 0. The van der Waals surface area contributed by atoms with E-state index in [1.165, 1.54) is 32.7 Å². The quantitative estimate of drug-likeness (QED) is 0.695. The van der Waals surface area contributed by atoms with Crippen LogP contribution in [-0.4, -0.2) is 20.1 Å².